The van der Waals surface area contributed by atoms with Crippen LogP contribution in [0.25, 0.3) is 67.0 Å². The molecule has 0 aliphatic carbocycles. The maximum atomic E-state index is 6.15. The van der Waals surface area contributed by atoms with Crippen LogP contribution in [-0.4, -0.2) is 9.97 Å². The minimum absolute atomic E-state index is 0.658. The summed E-state index contributed by atoms with van der Waals surface area (Å²) in [5.41, 5.74) is 6.11. The molecule has 0 amide bonds. The van der Waals surface area contributed by atoms with Gasteiger partial charge in [0.15, 0.2) is 11.6 Å². The van der Waals surface area contributed by atoms with Gasteiger partial charge in [-0.1, -0.05) is 66.7 Å². The lowest BCUT2D eigenvalue weighted by atomic mass is 10.1. The Morgan fingerprint density at radius 2 is 1.21 bits per heavy atom. The number of furan rings is 2. The van der Waals surface area contributed by atoms with Gasteiger partial charge in [0.2, 0.25) is 0 Å². The van der Waals surface area contributed by atoms with Crippen LogP contribution >= 0.6 is 0 Å². The van der Waals surface area contributed by atoms with Crippen LogP contribution in [0.2, 0.25) is 0 Å². The van der Waals surface area contributed by atoms with Crippen LogP contribution in [0.4, 0.5) is 0 Å². The van der Waals surface area contributed by atoms with E-state index in [-0.39, 0.29) is 0 Å². The van der Waals surface area contributed by atoms with Crippen molar-refractivity contribution in [1.29, 1.82) is 0 Å². The third-order valence-electron chi connectivity index (χ3n) is 6.11. The largest absolute Gasteiger partial charge is 0.456 e. The number of hydrogen-bond donors (Lipinski definition) is 0. The van der Waals surface area contributed by atoms with E-state index < -0.39 is 0 Å². The fourth-order valence-corrected chi connectivity index (χ4v) is 4.43. The van der Waals surface area contributed by atoms with E-state index >= 15 is 0 Å². The smallest absolute Gasteiger partial charge is 0.160 e. The quantitative estimate of drug-likeness (QED) is 0.279. The van der Waals surface area contributed by atoms with E-state index in [1.165, 1.54) is 0 Å². The fourth-order valence-electron chi connectivity index (χ4n) is 4.43. The van der Waals surface area contributed by atoms with Gasteiger partial charge in [0, 0.05) is 27.3 Å². The molecule has 0 unspecified atom stereocenters. The lowest BCUT2D eigenvalue weighted by Crippen LogP contribution is -1.95. The molecule has 0 atom stereocenters. The summed E-state index contributed by atoms with van der Waals surface area (Å²) < 4.78 is 12.2. The summed E-state index contributed by atoms with van der Waals surface area (Å²) in [7, 11) is 0. The molecular weight excluding hydrogens is 420 g/mol. The van der Waals surface area contributed by atoms with Crippen molar-refractivity contribution in [2.24, 2.45) is 0 Å². The van der Waals surface area contributed by atoms with Gasteiger partial charge in [-0.05, 0) is 42.5 Å². The van der Waals surface area contributed by atoms with E-state index in [1.54, 1.807) is 0 Å². The first-order valence-corrected chi connectivity index (χ1v) is 11.2. The molecule has 0 aliphatic rings. The Labute approximate surface area is 195 Å². The Morgan fingerprint density at radius 1 is 0.471 bits per heavy atom. The van der Waals surface area contributed by atoms with E-state index in [0.717, 1.165) is 61.2 Å². The summed E-state index contributed by atoms with van der Waals surface area (Å²) in [5, 5.41) is 3.21. The monoisotopic (exact) mass is 438 g/mol. The Balaban J connectivity index is 1.45. The van der Waals surface area contributed by atoms with Gasteiger partial charge in [0.05, 0.1) is 5.69 Å². The first kappa shape index (κ1) is 18.8. The average Bonchev–Trinajstić information content (AvgIpc) is 3.50. The molecule has 4 heteroatoms. The molecule has 0 radical (unpaired) electrons. The molecule has 3 heterocycles. The summed E-state index contributed by atoms with van der Waals surface area (Å²) in [4.78, 5) is 9.81. The molecule has 0 N–H and O–H groups in total. The molecule has 34 heavy (non-hydrogen) atoms. The molecule has 7 rings (SSSR count). The number of rotatable bonds is 3. The minimum Gasteiger partial charge on any atom is -0.456 e. The molecule has 7 aromatic rings. The highest BCUT2D eigenvalue weighted by molar-refractivity contribution is 6.06. The van der Waals surface area contributed by atoms with Crippen LogP contribution in [0.3, 0.4) is 0 Å². The molecule has 4 aromatic carbocycles. The Bertz CT molecular complexity index is 1780. The van der Waals surface area contributed by atoms with E-state index in [0.29, 0.717) is 5.82 Å². The summed E-state index contributed by atoms with van der Waals surface area (Å²) in [6, 6.07) is 36.3. The zero-order valence-electron chi connectivity index (χ0n) is 18.1. The number of fused-ring (bicyclic) bond motifs is 4. The SMILES string of the molecule is c1ccc(-c2nc(-c3ccc4oc5ccccc5c4c3)cc(-c3cc4ccccc4o3)n2)cc1. The van der Waals surface area contributed by atoms with Crippen molar-refractivity contribution in [2.45, 2.75) is 0 Å². The van der Waals surface area contributed by atoms with Crippen molar-refractivity contribution in [3.05, 3.63) is 109 Å². The molecule has 0 saturated carbocycles. The lowest BCUT2D eigenvalue weighted by molar-refractivity contribution is 0.628. The first-order valence-electron chi connectivity index (χ1n) is 11.2. The summed E-state index contributed by atoms with van der Waals surface area (Å²) >= 11 is 0. The van der Waals surface area contributed by atoms with Gasteiger partial charge >= 0.3 is 0 Å². The number of nitrogens with zero attached hydrogens (tertiary/aromatic N) is 2. The highest BCUT2D eigenvalue weighted by Crippen LogP contribution is 2.34. The second kappa shape index (κ2) is 7.42. The third kappa shape index (κ3) is 3.08. The van der Waals surface area contributed by atoms with Crippen molar-refractivity contribution in [1.82, 2.24) is 9.97 Å². The number of para-hydroxylation sites is 2. The maximum Gasteiger partial charge on any atom is 0.160 e. The molecule has 0 saturated heterocycles. The number of aromatic nitrogens is 2. The predicted octanol–water partition coefficient (Wildman–Crippen LogP) is 8.12. The molecular formula is C30H18N2O2. The van der Waals surface area contributed by atoms with Gasteiger partial charge < -0.3 is 8.83 Å². The van der Waals surface area contributed by atoms with Crippen LogP contribution < -0.4 is 0 Å². The van der Waals surface area contributed by atoms with Gasteiger partial charge in [0.25, 0.3) is 0 Å². The van der Waals surface area contributed by atoms with Crippen molar-refractivity contribution in [3.8, 4) is 34.1 Å². The van der Waals surface area contributed by atoms with Gasteiger partial charge in [-0.25, -0.2) is 9.97 Å². The molecule has 0 aliphatic heterocycles. The second-order valence-electron chi connectivity index (χ2n) is 8.29. The van der Waals surface area contributed by atoms with Crippen LogP contribution in [-0.2, 0) is 0 Å². The molecule has 4 nitrogen and oxygen atoms in total. The third-order valence-corrected chi connectivity index (χ3v) is 6.11. The maximum absolute atomic E-state index is 6.15. The normalized spacial score (nSPS) is 11.5. The predicted molar refractivity (Wildman–Crippen MR) is 135 cm³/mol. The van der Waals surface area contributed by atoms with Crippen LogP contribution in [0.1, 0.15) is 0 Å². The standard InChI is InChI=1S/C30H18N2O2/c1-2-8-19(9-3-1)30-31-24(18-25(32-30)29-17-21-10-4-6-12-26(21)33-29)20-14-15-28-23(16-20)22-11-5-7-13-27(22)34-28/h1-18H. The molecule has 3 aromatic heterocycles. The average molecular weight is 438 g/mol. The molecule has 160 valence electrons. The first-order chi connectivity index (χ1) is 16.8. The highest BCUT2D eigenvalue weighted by atomic mass is 16.3. The Kier molecular flexibility index (Phi) is 4.11. The topological polar surface area (TPSA) is 52.1 Å². The van der Waals surface area contributed by atoms with Gasteiger partial charge in [-0.3, -0.25) is 0 Å². The van der Waals surface area contributed by atoms with Crippen molar-refractivity contribution < 1.29 is 8.83 Å². The zero-order chi connectivity index (χ0) is 22.5. The number of hydrogen-bond acceptors (Lipinski definition) is 4. The number of benzene rings is 4. The summed E-state index contributed by atoms with van der Waals surface area (Å²) in [6.07, 6.45) is 0. The summed E-state index contributed by atoms with van der Waals surface area (Å²) in [6.45, 7) is 0. The Hall–Kier alpha value is -4.70. The van der Waals surface area contributed by atoms with Gasteiger partial charge in [-0.15, -0.1) is 0 Å². The fraction of sp³-hybridized carbons (Fsp3) is 0. The van der Waals surface area contributed by atoms with E-state index in [4.69, 9.17) is 18.8 Å². The van der Waals surface area contributed by atoms with Crippen molar-refractivity contribution >= 4 is 32.9 Å². The second-order valence-corrected chi connectivity index (χ2v) is 8.29. The Morgan fingerprint density at radius 3 is 2.09 bits per heavy atom. The van der Waals surface area contributed by atoms with E-state index in [9.17, 15) is 0 Å². The van der Waals surface area contributed by atoms with E-state index in [2.05, 4.69) is 12.1 Å². The van der Waals surface area contributed by atoms with Crippen LogP contribution in [0, 0.1) is 0 Å². The highest BCUT2D eigenvalue weighted by Gasteiger charge is 2.15. The molecule has 0 spiro atoms. The van der Waals surface area contributed by atoms with Crippen molar-refractivity contribution in [3.63, 3.8) is 0 Å². The van der Waals surface area contributed by atoms with Gasteiger partial charge in [-0.2, -0.15) is 0 Å². The van der Waals surface area contributed by atoms with Crippen LogP contribution in [0.15, 0.2) is 118 Å². The summed E-state index contributed by atoms with van der Waals surface area (Å²) in [5.74, 6) is 1.38. The van der Waals surface area contributed by atoms with Gasteiger partial charge in [0.1, 0.15) is 22.4 Å². The van der Waals surface area contributed by atoms with Crippen molar-refractivity contribution in [2.75, 3.05) is 0 Å². The molecule has 0 bridgehead atoms. The molecule has 0 fully saturated rings. The van der Waals surface area contributed by atoms with E-state index in [1.807, 2.05) is 97.1 Å². The zero-order valence-corrected chi connectivity index (χ0v) is 18.1. The minimum atomic E-state index is 0.658. The van der Waals surface area contributed by atoms with Crippen LogP contribution in [0.5, 0.6) is 0 Å². The lowest BCUT2D eigenvalue weighted by Gasteiger charge is -2.08.